The summed E-state index contributed by atoms with van der Waals surface area (Å²) < 4.78 is 0. The fourth-order valence-electron chi connectivity index (χ4n) is 1.52. The molecule has 0 bridgehead atoms. The highest BCUT2D eigenvalue weighted by Gasteiger charge is 2.03. The normalized spacial score (nSPS) is 11.4. The Morgan fingerprint density at radius 2 is 2.19 bits per heavy atom. The zero-order valence-corrected chi connectivity index (χ0v) is 9.62. The van der Waals surface area contributed by atoms with Crippen LogP contribution in [0.1, 0.15) is 19.7 Å². The molecule has 0 saturated carbocycles. The molecule has 0 aliphatic carbocycles. The average molecular weight is 219 g/mol. The lowest BCUT2D eigenvalue weighted by Crippen LogP contribution is -2.19. The highest BCUT2D eigenvalue weighted by molar-refractivity contribution is 5.72. The Morgan fingerprint density at radius 3 is 2.94 bits per heavy atom. The van der Waals surface area contributed by atoms with Gasteiger partial charge in [-0.05, 0) is 24.6 Å². The minimum absolute atomic E-state index is 0.501. The first kappa shape index (κ1) is 10.9. The maximum Gasteiger partial charge on any atom is 0.179 e. The number of hydrogen-bond acceptors (Lipinski definition) is 4. The van der Waals surface area contributed by atoms with Crippen LogP contribution in [0.25, 0.3) is 11.2 Å². The standard InChI is InChI=1S/C11H17N5/c1-7(2)5-13-6-10-14-8-3-4-9(12)15-11(8)16-10/h3-4,7,13H,5-6H2,1-2H3,(H3,12,14,15,16). The number of anilines is 1. The lowest BCUT2D eigenvalue weighted by atomic mass is 10.2. The minimum atomic E-state index is 0.501. The van der Waals surface area contributed by atoms with Crippen LogP contribution < -0.4 is 11.1 Å². The van der Waals surface area contributed by atoms with Gasteiger partial charge in [0.25, 0.3) is 0 Å². The summed E-state index contributed by atoms with van der Waals surface area (Å²) >= 11 is 0. The predicted octanol–water partition coefficient (Wildman–Crippen LogP) is 1.29. The molecular formula is C11H17N5. The number of pyridine rings is 1. The quantitative estimate of drug-likeness (QED) is 0.723. The third-order valence-electron chi connectivity index (χ3n) is 2.26. The zero-order valence-electron chi connectivity index (χ0n) is 9.62. The molecule has 5 heteroatoms. The van der Waals surface area contributed by atoms with Gasteiger partial charge < -0.3 is 16.0 Å². The Bertz CT molecular complexity index is 474. The van der Waals surface area contributed by atoms with Gasteiger partial charge in [0.05, 0.1) is 12.1 Å². The molecule has 4 N–H and O–H groups in total. The largest absolute Gasteiger partial charge is 0.384 e. The summed E-state index contributed by atoms with van der Waals surface area (Å²) in [5.74, 6) is 2.03. The van der Waals surface area contributed by atoms with Gasteiger partial charge in [0.2, 0.25) is 0 Å². The van der Waals surface area contributed by atoms with Crippen molar-refractivity contribution < 1.29 is 0 Å². The van der Waals surface area contributed by atoms with E-state index in [9.17, 15) is 0 Å². The second kappa shape index (κ2) is 4.49. The first-order chi connectivity index (χ1) is 7.65. The number of imidazole rings is 1. The highest BCUT2D eigenvalue weighted by Crippen LogP contribution is 2.10. The molecule has 86 valence electrons. The Labute approximate surface area is 94.5 Å². The van der Waals surface area contributed by atoms with Crippen molar-refractivity contribution in [3.8, 4) is 0 Å². The van der Waals surface area contributed by atoms with Gasteiger partial charge in [0.1, 0.15) is 11.6 Å². The SMILES string of the molecule is CC(C)CNCc1nc2nc(N)ccc2[nH]1. The summed E-state index contributed by atoms with van der Waals surface area (Å²) in [7, 11) is 0. The molecule has 0 radical (unpaired) electrons. The molecule has 0 fully saturated rings. The van der Waals surface area contributed by atoms with Crippen molar-refractivity contribution in [2.45, 2.75) is 20.4 Å². The van der Waals surface area contributed by atoms with E-state index in [2.05, 4.69) is 34.1 Å². The second-order valence-electron chi connectivity index (χ2n) is 4.32. The van der Waals surface area contributed by atoms with Crippen LogP contribution in [0.5, 0.6) is 0 Å². The van der Waals surface area contributed by atoms with E-state index in [4.69, 9.17) is 5.73 Å². The molecule has 2 aromatic heterocycles. The van der Waals surface area contributed by atoms with E-state index in [0.717, 1.165) is 24.4 Å². The fourth-order valence-corrected chi connectivity index (χ4v) is 1.52. The molecule has 0 amide bonds. The molecular weight excluding hydrogens is 202 g/mol. The van der Waals surface area contributed by atoms with Gasteiger partial charge in [-0.25, -0.2) is 9.97 Å². The number of aromatic amines is 1. The molecule has 0 atom stereocenters. The number of hydrogen-bond donors (Lipinski definition) is 3. The smallest absolute Gasteiger partial charge is 0.179 e. The molecule has 16 heavy (non-hydrogen) atoms. The van der Waals surface area contributed by atoms with Crippen molar-refractivity contribution in [1.29, 1.82) is 0 Å². The van der Waals surface area contributed by atoms with Crippen LogP contribution in [0.2, 0.25) is 0 Å². The molecule has 2 heterocycles. The Hall–Kier alpha value is -1.62. The average Bonchev–Trinajstić information content (AvgIpc) is 2.58. The van der Waals surface area contributed by atoms with Crippen LogP contribution >= 0.6 is 0 Å². The van der Waals surface area contributed by atoms with Crippen molar-refractivity contribution in [2.24, 2.45) is 5.92 Å². The first-order valence-corrected chi connectivity index (χ1v) is 5.47. The van der Waals surface area contributed by atoms with Gasteiger partial charge >= 0.3 is 0 Å². The number of nitrogens with zero attached hydrogens (tertiary/aromatic N) is 2. The molecule has 5 nitrogen and oxygen atoms in total. The van der Waals surface area contributed by atoms with Crippen molar-refractivity contribution in [1.82, 2.24) is 20.3 Å². The number of fused-ring (bicyclic) bond motifs is 1. The number of nitrogen functional groups attached to an aromatic ring is 1. The summed E-state index contributed by atoms with van der Waals surface area (Å²) in [5.41, 5.74) is 7.20. The molecule has 0 aliphatic heterocycles. The highest BCUT2D eigenvalue weighted by atomic mass is 15.0. The van der Waals surface area contributed by atoms with Crippen molar-refractivity contribution >= 4 is 17.0 Å². The number of nitrogens with two attached hydrogens (primary N) is 1. The van der Waals surface area contributed by atoms with Crippen LogP contribution in [-0.2, 0) is 6.54 Å². The Kier molecular flexibility index (Phi) is 3.05. The van der Waals surface area contributed by atoms with Crippen LogP contribution in [0, 0.1) is 5.92 Å². The topological polar surface area (TPSA) is 79.6 Å². The van der Waals surface area contributed by atoms with Gasteiger partial charge in [0, 0.05) is 0 Å². The van der Waals surface area contributed by atoms with Gasteiger partial charge in [-0.15, -0.1) is 0 Å². The summed E-state index contributed by atoms with van der Waals surface area (Å²) in [6, 6.07) is 3.67. The maximum atomic E-state index is 5.59. The van der Waals surface area contributed by atoms with E-state index in [0.29, 0.717) is 17.4 Å². The van der Waals surface area contributed by atoms with E-state index in [1.807, 2.05) is 6.07 Å². The Balaban J connectivity index is 2.08. The third-order valence-corrected chi connectivity index (χ3v) is 2.26. The van der Waals surface area contributed by atoms with Gasteiger partial charge in [0.15, 0.2) is 5.65 Å². The molecule has 0 saturated heterocycles. The molecule has 0 spiro atoms. The monoisotopic (exact) mass is 219 g/mol. The lowest BCUT2D eigenvalue weighted by molar-refractivity contribution is 0.545. The second-order valence-corrected chi connectivity index (χ2v) is 4.32. The van der Waals surface area contributed by atoms with E-state index < -0.39 is 0 Å². The summed E-state index contributed by atoms with van der Waals surface area (Å²) in [6.45, 7) is 6.06. The van der Waals surface area contributed by atoms with E-state index in [1.54, 1.807) is 6.07 Å². The molecule has 0 unspecified atom stereocenters. The third kappa shape index (κ3) is 2.49. The molecule has 2 rings (SSSR count). The number of H-pyrrole nitrogens is 1. The fraction of sp³-hybridized carbons (Fsp3) is 0.455. The van der Waals surface area contributed by atoms with Gasteiger partial charge in [-0.2, -0.15) is 0 Å². The lowest BCUT2D eigenvalue weighted by Gasteiger charge is -2.04. The summed E-state index contributed by atoms with van der Waals surface area (Å²) in [5, 5.41) is 3.32. The van der Waals surface area contributed by atoms with Crippen LogP contribution in [0.15, 0.2) is 12.1 Å². The maximum absolute atomic E-state index is 5.59. The van der Waals surface area contributed by atoms with Crippen LogP contribution in [-0.4, -0.2) is 21.5 Å². The minimum Gasteiger partial charge on any atom is -0.384 e. The van der Waals surface area contributed by atoms with E-state index >= 15 is 0 Å². The van der Waals surface area contributed by atoms with E-state index in [-0.39, 0.29) is 0 Å². The number of nitrogens with one attached hydrogen (secondary N) is 2. The van der Waals surface area contributed by atoms with E-state index in [1.165, 1.54) is 0 Å². The summed E-state index contributed by atoms with van der Waals surface area (Å²) in [6.07, 6.45) is 0. The first-order valence-electron chi connectivity index (χ1n) is 5.47. The molecule has 0 aromatic carbocycles. The van der Waals surface area contributed by atoms with Crippen LogP contribution in [0.4, 0.5) is 5.82 Å². The van der Waals surface area contributed by atoms with Gasteiger partial charge in [-0.1, -0.05) is 13.8 Å². The van der Waals surface area contributed by atoms with Gasteiger partial charge in [-0.3, -0.25) is 0 Å². The van der Waals surface area contributed by atoms with Crippen molar-refractivity contribution in [2.75, 3.05) is 12.3 Å². The summed E-state index contributed by atoms with van der Waals surface area (Å²) in [4.78, 5) is 11.7. The molecule has 2 aromatic rings. The van der Waals surface area contributed by atoms with Crippen LogP contribution in [0.3, 0.4) is 0 Å². The Morgan fingerprint density at radius 1 is 1.38 bits per heavy atom. The van der Waals surface area contributed by atoms with Crippen molar-refractivity contribution in [3.05, 3.63) is 18.0 Å². The number of rotatable bonds is 4. The predicted molar refractivity (Wildman–Crippen MR) is 64.8 cm³/mol. The molecule has 0 aliphatic rings. The van der Waals surface area contributed by atoms with Crippen molar-refractivity contribution in [3.63, 3.8) is 0 Å². The zero-order chi connectivity index (χ0) is 11.5. The number of aromatic nitrogens is 3.